The van der Waals surface area contributed by atoms with Crippen LogP contribution in [-0.2, 0) is 12.4 Å². The van der Waals surface area contributed by atoms with Crippen LogP contribution in [0.1, 0.15) is 66.1 Å². The van der Waals surface area contributed by atoms with Crippen molar-refractivity contribution in [3.05, 3.63) is 70.0 Å². The van der Waals surface area contributed by atoms with Crippen molar-refractivity contribution in [1.29, 1.82) is 0 Å². The summed E-state index contributed by atoms with van der Waals surface area (Å²) in [4.78, 5) is 16.5. The quantitative estimate of drug-likeness (QED) is 0.393. The molecule has 208 valence electrons. The van der Waals surface area contributed by atoms with Crippen molar-refractivity contribution in [2.24, 2.45) is 5.92 Å². The zero-order valence-electron chi connectivity index (χ0n) is 21.3. The summed E-state index contributed by atoms with van der Waals surface area (Å²) in [5.41, 5.74) is -1.71. The number of carbonyl (C=O) groups excluding carboxylic acids is 1. The number of likely N-dealkylation sites (tertiary alicyclic amines) is 1. The van der Waals surface area contributed by atoms with Crippen LogP contribution >= 0.6 is 0 Å². The highest BCUT2D eigenvalue weighted by Crippen LogP contribution is 2.42. The number of carbonyl (C=O) groups is 1. The summed E-state index contributed by atoms with van der Waals surface area (Å²) in [5, 5.41) is 3.47. The Morgan fingerprint density at radius 3 is 2.16 bits per heavy atom. The van der Waals surface area contributed by atoms with Gasteiger partial charge in [-0.25, -0.2) is 9.18 Å². The Labute approximate surface area is 216 Å². The second-order valence-corrected chi connectivity index (χ2v) is 10.3. The van der Waals surface area contributed by atoms with Crippen molar-refractivity contribution >= 4 is 6.03 Å². The molecule has 3 atom stereocenters. The second-order valence-electron chi connectivity index (χ2n) is 10.3. The van der Waals surface area contributed by atoms with Crippen LogP contribution in [0.25, 0.3) is 0 Å². The van der Waals surface area contributed by atoms with Crippen molar-refractivity contribution in [3.8, 4) is 0 Å². The number of aryl methyl sites for hydroxylation is 1. The van der Waals surface area contributed by atoms with Gasteiger partial charge in [0.15, 0.2) is 0 Å². The zero-order chi connectivity index (χ0) is 28.0. The molecule has 0 bridgehead atoms. The normalized spacial score (nSPS) is 21.1. The second kappa shape index (κ2) is 10.4. The number of amides is 2. The molecule has 1 N–H and O–H groups in total. The maximum atomic E-state index is 13.8. The molecule has 2 aromatic carbocycles. The molecular weight excluding hydrogens is 515 g/mol. The molecule has 1 aliphatic heterocycles. The molecule has 2 aromatic rings. The Morgan fingerprint density at radius 2 is 1.63 bits per heavy atom. The van der Waals surface area contributed by atoms with Gasteiger partial charge in [-0.3, -0.25) is 0 Å². The minimum Gasteiger partial charge on any atom is -0.321 e. The first-order valence-electron chi connectivity index (χ1n) is 12.5. The van der Waals surface area contributed by atoms with Crippen molar-refractivity contribution in [1.82, 2.24) is 15.1 Å². The molecule has 4 rings (SSSR count). The number of alkyl halides is 6. The maximum absolute atomic E-state index is 13.8. The molecule has 11 heteroatoms. The number of hydrogen-bond donors (Lipinski definition) is 1. The highest BCUT2D eigenvalue weighted by Gasteiger charge is 2.42. The van der Waals surface area contributed by atoms with Crippen molar-refractivity contribution in [2.75, 3.05) is 20.1 Å². The third-order valence-corrected chi connectivity index (χ3v) is 7.54. The van der Waals surface area contributed by atoms with Crippen LogP contribution in [0.4, 0.5) is 35.5 Å². The maximum Gasteiger partial charge on any atom is 0.416 e. The van der Waals surface area contributed by atoms with Crippen molar-refractivity contribution in [2.45, 2.75) is 63.6 Å². The summed E-state index contributed by atoms with van der Waals surface area (Å²) in [6.45, 7) is 4.13. The number of hydrogen-bond acceptors (Lipinski definition) is 2. The van der Waals surface area contributed by atoms with Gasteiger partial charge in [0.2, 0.25) is 0 Å². The first-order chi connectivity index (χ1) is 17.7. The fraction of sp³-hybridized carbons (Fsp3) is 0.519. The number of halogens is 7. The molecule has 0 spiro atoms. The van der Waals surface area contributed by atoms with Gasteiger partial charge < -0.3 is 15.1 Å². The SMILES string of the molecule is Cc1cc(F)ccc1[C@@H]1[C@@H](CNC2CC2)CCN1C(=O)N(C)[C@@H](C)c1cc(C(F)(F)F)cc(C(F)(F)F)c1. The van der Waals surface area contributed by atoms with Crippen LogP contribution < -0.4 is 5.32 Å². The monoisotopic (exact) mass is 545 g/mol. The van der Waals surface area contributed by atoms with Crippen LogP contribution in [0.15, 0.2) is 36.4 Å². The van der Waals surface area contributed by atoms with E-state index in [2.05, 4.69) is 5.32 Å². The van der Waals surface area contributed by atoms with Gasteiger partial charge in [0.1, 0.15) is 5.82 Å². The lowest BCUT2D eigenvalue weighted by Gasteiger charge is -2.35. The zero-order valence-corrected chi connectivity index (χ0v) is 21.3. The largest absolute Gasteiger partial charge is 0.416 e. The van der Waals surface area contributed by atoms with Crippen LogP contribution in [0, 0.1) is 18.7 Å². The molecule has 1 heterocycles. The van der Waals surface area contributed by atoms with E-state index in [0.717, 1.165) is 23.3 Å². The van der Waals surface area contributed by atoms with E-state index in [0.29, 0.717) is 43.2 Å². The van der Waals surface area contributed by atoms with E-state index in [-0.39, 0.29) is 17.5 Å². The first-order valence-corrected chi connectivity index (χ1v) is 12.5. The number of benzene rings is 2. The van der Waals surface area contributed by atoms with Gasteiger partial charge in [-0.2, -0.15) is 26.3 Å². The highest BCUT2D eigenvalue weighted by atomic mass is 19.4. The lowest BCUT2D eigenvalue weighted by Crippen LogP contribution is -2.43. The minimum atomic E-state index is -4.99. The van der Waals surface area contributed by atoms with Gasteiger partial charge in [0.25, 0.3) is 0 Å². The Morgan fingerprint density at radius 1 is 1.03 bits per heavy atom. The molecule has 1 aliphatic carbocycles. The minimum absolute atomic E-state index is 0.0119. The van der Waals surface area contributed by atoms with E-state index in [9.17, 15) is 35.5 Å². The van der Waals surface area contributed by atoms with Gasteiger partial charge in [-0.15, -0.1) is 0 Å². The standard InChI is InChI=1S/C27H30F7N3O/c1-15-10-21(28)4-7-23(15)24-17(14-35-22-5-6-22)8-9-37(24)25(38)36(3)16(2)18-11-19(26(29,30)31)13-20(12-18)27(32,33)34/h4,7,10-13,16-17,22,24,35H,5-6,8-9,14H2,1-3H3/t16-,17+,24-/m0/s1. The van der Waals surface area contributed by atoms with Gasteiger partial charge in [0.05, 0.1) is 23.2 Å². The molecule has 2 amide bonds. The summed E-state index contributed by atoms with van der Waals surface area (Å²) in [6.07, 6.45) is -7.17. The lowest BCUT2D eigenvalue weighted by molar-refractivity contribution is -0.143. The van der Waals surface area contributed by atoms with E-state index in [1.54, 1.807) is 17.9 Å². The van der Waals surface area contributed by atoms with Crippen LogP contribution in [0.5, 0.6) is 0 Å². The third kappa shape index (κ3) is 6.08. The summed E-state index contributed by atoms with van der Waals surface area (Å²) < 4.78 is 94.2. The Hall–Kier alpha value is -2.82. The molecule has 38 heavy (non-hydrogen) atoms. The van der Waals surface area contributed by atoms with E-state index in [1.165, 1.54) is 26.1 Å². The molecule has 0 aromatic heterocycles. The highest BCUT2D eigenvalue weighted by molar-refractivity contribution is 5.76. The van der Waals surface area contributed by atoms with Gasteiger partial charge in [0, 0.05) is 26.2 Å². The van der Waals surface area contributed by atoms with Crippen molar-refractivity contribution in [3.63, 3.8) is 0 Å². The average molecular weight is 546 g/mol. The molecule has 0 radical (unpaired) electrons. The summed E-state index contributed by atoms with van der Waals surface area (Å²) in [6, 6.07) is 4.13. The van der Waals surface area contributed by atoms with Gasteiger partial charge in [-0.05, 0) is 86.1 Å². The average Bonchev–Trinajstić information content (AvgIpc) is 3.58. The van der Waals surface area contributed by atoms with E-state index in [4.69, 9.17) is 0 Å². The predicted molar refractivity (Wildman–Crippen MR) is 128 cm³/mol. The lowest BCUT2D eigenvalue weighted by atomic mass is 9.90. The topological polar surface area (TPSA) is 35.6 Å². The summed E-state index contributed by atoms with van der Waals surface area (Å²) >= 11 is 0. The molecular formula is C27H30F7N3O. The molecule has 0 unspecified atom stereocenters. The molecule has 2 aliphatic rings. The van der Waals surface area contributed by atoms with Crippen molar-refractivity contribution < 1.29 is 35.5 Å². The number of nitrogens with one attached hydrogen (secondary N) is 1. The summed E-state index contributed by atoms with van der Waals surface area (Å²) in [7, 11) is 1.37. The third-order valence-electron chi connectivity index (χ3n) is 7.54. The molecule has 4 nitrogen and oxygen atoms in total. The van der Waals surface area contributed by atoms with E-state index in [1.807, 2.05) is 0 Å². The Balaban J connectivity index is 1.64. The van der Waals surface area contributed by atoms with Crippen LogP contribution in [0.3, 0.4) is 0 Å². The predicted octanol–water partition coefficient (Wildman–Crippen LogP) is 7.10. The molecule has 2 fully saturated rings. The van der Waals surface area contributed by atoms with E-state index < -0.39 is 47.4 Å². The Bertz CT molecular complexity index is 1140. The number of rotatable bonds is 6. The summed E-state index contributed by atoms with van der Waals surface area (Å²) in [5.74, 6) is -0.400. The fourth-order valence-corrected chi connectivity index (χ4v) is 5.09. The van der Waals surface area contributed by atoms with Crippen LogP contribution in [-0.4, -0.2) is 42.0 Å². The first kappa shape index (κ1) is 28.2. The molecule has 1 saturated heterocycles. The number of urea groups is 1. The number of nitrogens with zero attached hydrogens (tertiary/aromatic N) is 2. The van der Waals surface area contributed by atoms with Crippen LogP contribution in [0.2, 0.25) is 0 Å². The van der Waals surface area contributed by atoms with E-state index >= 15 is 0 Å². The van der Waals surface area contributed by atoms with Gasteiger partial charge >= 0.3 is 18.4 Å². The molecule has 1 saturated carbocycles. The smallest absolute Gasteiger partial charge is 0.321 e. The fourth-order valence-electron chi connectivity index (χ4n) is 5.09. The van der Waals surface area contributed by atoms with Gasteiger partial charge in [-0.1, -0.05) is 6.07 Å². The Kier molecular flexibility index (Phi) is 7.71.